The number of aliphatic carboxylic acids is 1. The van der Waals surface area contributed by atoms with Gasteiger partial charge < -0.3 is 16.2 Å². The first-order valence-corrected chi connectivity index (χ1v) is 4.28. The SMILES string of the molecule is CC(=O)N[C@@H](CCCCN)C(=O)O.[Pt]. The van der Waals surface area contributed by atoms with E-state index < -0.39 is 12.0 Å². The van der Waals surface area contributed by atoms with Gasteiger partial charge in [-0.05, 0) is 25.8 Å². The topological polar surface area (TPSA) is 92.4 Å². The maximum atomic E-state index is 10.6. The van der Waals surface area contributed by atoms with Gasteiger partial charge in [-0.2, -0.15) is 0 Å². The van der Waals surface area contributed by atoms with Gasteiger partial charge in [-0.1, -0.05) is 0 Å². The molecule has 4 N–H and O–H groups in total. The van der Waals surface area contributed by atoms with Crippen molar-refractivity contribution in [1.29, 1.82) is 0 Å². The summed E-state index contributed by atoms with van der Waals surface area (Å²) in [5.41, 5.74) is 5.26. The Morgan fingerprint density at radius 2 is 2.00 bits per heavy atom. The predicted molar refractivity (Wildman–Crippen MR) is 48.1 cm³/mol. The van der Waals surface area contributed by atoms with Crippen LogP contribution in [-0.4, -0.2) is 29.6 Å². The molecule has 0 saturated heterocycles. The van der Waals surface area contributed by atoms with E-state index in [2.05, 4.69) is 5.32 Å². The van der Waals surface area contributed by atoms with E-state index in [1.54, 1.807) is 0 Å². The number of unbranched alkanes of at least 4 members (excludes halogenated alkanes) is 1. The first-order valence-electron chi connectivity index (χ1n) is 4.28. The summed E-state index contributed by atoms with van der Waals surface area (Å²) in [5.74, 6) is -1.31. The minimum absolute atomic E-state index is 0. The maximum absolute atomic E-state index is 10.6. The van der Waals surface area contributed by atoms with Crippen molar-refractivity contribution in [3.05, 3.63) is 0 Å². The van der Waals surface area contributed by atoms with Crippen LogP contribution in [0.3, 0.4) is 0 Å². The largest absolute Gasteiger partial charge is 0.480 e. The van der Waals surface area contributed by atoms with Gasteiger partial charge in [0.05, 0.1) is 0 Å². The number of amides is 1. The summed E-state index contributed by atoms with van der Waals surface area (Å²) in [6.07, 6.45) is 1.93. The Kier molecular flexibility index (Phi) is 10.5. The summed E-state index contributed by atoms with van der Waals surface area (Å²) in [6, 6.07) is -0.774. The molecule has 14 heavy (non-hydrogen) atoms. The van der Waals surface area contributed by atoms with Crippen molar-refractivity contribution in [3.63, 3.8) is 0 Å². The molecule has 0 bridgehead atoms. The molecule has 0 saturated carbocycles. The van der Waals surface area contributed by atoms with Gasteiger partial charge in [0.2, 0.25) is 5.91 Å². The summed E-state index contributed by atoms with van der Waals surface area (Å²) in [7, 11) is 0. The molecule has 0 aromatic heterocycles. The van der Waals surface area contributed by atoms with Crippen LogP contribution in [0.4, 0.5) is 0 Å². The van der Waals surface area contributed by atoms with E-state index in [-0.39, 0.29) is 27.0 Å². The van der Waals surface area contributed by atoms with Gasteiger partial charge in [0.1, 0.15) is 6.04 Å². The minimum atomic E-state index is -0.993. The normalized spacial score (nSPS) is 11.3. The van der Waals surface area contributed by atoms with Gasteiger partial charge in [-0.3, -0.25) is 4.79 Å². The molecule has 0 aliphatic heterocycles. The van der Waals surface area contributed by atoms with Crippen molar-refractivity contribution in [1.82, 2.24) is 5.32 Å². The molecule has 0 fully saturated rings. The van der Waals surface area contributed by atoms with Crippen LogP contribution >= 0.6 is 0 Å². The second-order valence-electron chi connectivity index (χ2n) is 2.88. The van der Waals surface area contributed by atoms with Crippen molar-refractivity contribution < 1.29 is 35.8 Å². The van der Waals surface area contributed by atoms with Crippen LogP contribution in [0.2, 0.25) is 0 Å². The van der Waals surface area contributed by atoms with Gasteiger partial charge in [-0.15, -0.1) is 0 Å². The maximum Gasteiger partial charge on any atom is 0.326 e. The number of rotatable bonds is 6. The summed E-state index contributed by atoms with van der Waals surface area (Å²) in [4.78, 5) is 21.2. The Labute approximate surface area is 97.7 Å². The molecule has 0 aliphatic carbocycles. The van der Waals surface area contributed by atoms with Crippen molar-refractivity contribution in [2.75, 3.05) is 6.54 Å². The number of carbonyl (C=O) groups is 2. The fourth-order valence-corrected chi connectivity index (χ4v) is 0.996. The van der Waals surface area contributed by atoms with Gasteiger partial charge in [0.25, 0.3) is 0 Å². The second kappa shape index (κ2) is 9.16. The molecule has 0 unspecified atom stereocenters. The van der Waals surface area contributed by atoms with E-state index in [4.69, 9.17) is 10.8 Å². The Morgan fingerprint density at radius 1 is 1.43 bits per heavy atom. The number of hydrogen-bond acceptors (Lipinski definition) is 3. The molecule has 86 valence electrons. The molecule has 6 heteroatoms. The van der Waals surface area contributed by atoms with Gasteiger partial charge in [0, 0.05) is 28.0 Å². The Balaban J connectivity index is 0. The summed E-state index contributed by atoms with van der Waals surface area (Å²) in [5, 5.41) is 11.0. The Hall–Kier alpha value is -0.412. The molecule has 0 heterocycles. The third kappa shape index (κ3) is 8.20. The molecule has 1 amide bonds. The fraction of sp³-hybridized carbons (Fsp3) is 0.750. The van der Waals surface area contributed by atoms with Crippen molar-refractivity contribution in [2.45, 2.75) is 32.2 Å². The number of carboxylic acid groups (broad SMARTS) is 1. The number of carbonyl (C=O) groups excluding carboxylic acids is 1. The zero-order valence-electron chi connectivity index (χ0n) is 8.06. The molecule has 0 radical (unpaired) electrons. The fourth-order valence-electron chi connectivity index (χ4n) is 0.996. The molecular formula is C8H16N2O3Pt. The molecule has 0 aliphatic rings. The monoisotopic (exact) mass is 383 g/mol. The van der Waals surface area contributed by atoms with E-state index in [1.807, 2.05) is 0 Å². The van der Waals surface area contributed by atoms with E-state index in [9.17, 15) is 9.59 Å². The number of nitrogens with two attached hydrogens (primary N) is 1. The quantitative estimate of drug-likeness (QED) is 0.550. The predicted octanol–water partition coefficient (Wildman–Crippen LogP) is -0.298. The van der Waals surface area contributed by atoms with E-state index in [0.29, 0.717) is 19.4 Å². The van der Waals surface area contributed by atoms with Crippen LogP contribution < -0.4 is 11.1 Å². The molecule has 0 rings (SSSR count). The van der Waals surface area contributed by atoms with Crippen LogP contribution in [-0.2, 0) is 30.7 Å². The Morgan fingerprint density at radius 3 is 2.36 bits per heavy atom. The minimum Gasteiger partial charge on any atom is -0.480 e. The third-order valence-corrected chi connectivity index (χ3v) is 1.62. The second-order valence-corrected chi connectivity index (χ2v) is 2.88. The average molecular weight is 383 g/mol. The van der Waals surface area contributed by atoms with Crippen molar-refractivity contribution in [3.8, 4) is 0 Å². The number of hydrogen-bond donors (Lipinski definition) is 3. The molecule has 1 atom stereocenters. The zero-order chi connectivity index (χ0) is 10.3. The molecule has 5 nitrogen and oxygen atoms in total. The van der Waals surface area contributed by atoms with Gasteiger partial charge in [-0.25, -0.2) is 4.79 Å². The van der Waals surface area contributed by atoms with Crippen LogP contribution in [0, 0.1) is 0 Å². The average Bonchev–Trinajstić information content (AvgIpc) is 2.02. The first kappa shape index (κ1) is 16.0. The molecule has 0 spiro atoms. The molecule has 0 aromatic carbocycles. The smallest absolute Gasteiger partial charge is 0.326 e. The van der Waals surface area contributed by atoms with E-state index in [0.717, 1.165) is 6.42 Å². The standard InChI is InChI=1S/C8H16N2O3.Pt/c1-6(11)10-7(8(12)13)4-2-3-5-9;/h7H,2-5,9H2,1H3,(H,10,11)(H,12,13);/t7-;/m0./s1. The van der Waals surface area contributed by atoms with Crippen LogP contribution in [0.5, 0.6) is 0 Å². The van der Waals surface area contributed by atoms with E-state index in [1.165, 1.54) is 6.92 Å². The van der Waals surface area contributed by atoms with Gasteiger partial charge in [0.15, 0.2) is 0 Å². The summed E-state index contributed by atoms with van der Waals surface area (Å²) >= 11 is 0. The molecular weight excluding hydrogens is 367 g/mol. The van der Waals surface area contributed by atoms with Crippen LogP contribution in [0.25, 0.3) is 0 Å². The molecule has 0 aromatic rings. The van der Waals surface area contributed by atoms with Crippen LogP contribution in [0.15, 0.2) is 0 Å². The van der Waals surface area contributed by atoms with Crippen LogP contribution in [0.1, 0.15) is 26.2 Å². The number of nitrogens with one attached hydrogen (secondary N) is 1. The first-order chi connectivity index (χ1) is 6.07. The van der Waals surface area contributed by atoms with Gasteiger partial charge >= 0.3 is 5.97 Å². The Bertz CT molecular complexity index is 187. The summed E-state index contributed by atoms with van der Waals surface area (Å²) < 4.78 is 0. The number of carboxylic acids is 1. The van der Waals surface area contributed by atoms with E-state index >= 15 is 0 Å². The summed E-state index contributed by atoms with van der Waals surface area (Å²) in [6.45, 7) is 1.85. The van der Waals surface area contributed by atoms with Crippen molar-refractivity contribution >= 4 is 11.9 Å². The zero-order valence-corrected chi connectivity index (χ0v) is 10.3. The van der Waals surface area contributed by atoms with Crippen molar-refractivity contribution in [2.24, 2.45) is 5.73 Å². The third-order valence-electron chi connectivity index (χ3n) is 1.62.